The predicted molar refractivity (Wildman–Crippen MR) is 82.6 cm³/mol. The van der Waals surface area contributed by atoms with Crippen molar-refractivity contribution in [1.82, 2.24) is 4.98 Å². The molecule has 0 aliphatic rings. The van der Waals surface area contributed by atoms with E-state index in [4.69, 9.17) is 0 Å². The number of alkyl halides is 3. The Morgan fingerprint density at radius 1 is 1.17 bits per heavy atom. The second kappa shape index (κ2) is 6.52. The summed E-state index contributed by atoms with van der Waals surface area (Å²) in [6, 6.07) is 7.65. The number of carbonyl (C=O) groups excluding carboxylic acids is 1. The molecule has 2 nitrogen and oxygen atoms in total. The van der Waals surface area contributed by atoms with Crippen molar-refractivity contribution in [3.05, 3.63) is 64.5 Å². The van der Waals surface area contributed by atoms with Crippen molar-refractivity contribution in [2.24, 2.45) is 0 Å². The first kappa shape index (κ1) is 17.2. The standard InChI is InChI=1S/C18H18F3NO/c1-11(2)14-5-6-15(16(9-14)18(19,20)21)8-13-4-7-17(12(3)23)22-10-13/h4-7,9-11H,8H2,1-3H3. The van der Waals surface area contributed by atoms with Gasteiger partial charge in [0.25, 0.3) is 0 Å². The van der Waals surface area contributed by atoms with Gasteiger partial charge in [-0.15, -0.1) is 0 Å². The average molecular weight is 321 g/mol. The van der Waals surface area contributed by atoms with Crippen molar-refractivity contribution in [1.29, 1.82) is 0 Å². The Hall–Kier alpha value is -2.17. The summed E-state index contributed by atoms with van der Waals surface area (Å²) in [5, 5.41) is 0. The number of Topliss-reactive ketones (excluding diaryl/α,β-unsaturated/α-hetero) is 1. The van der Waals surface area contributed by atoms with E-state index in [0.717, 1.165) is 0 Å². The van der Waals surface area contributed by atoms with E-state index >= 15 is 0 Å². The normalized spacial score (nSPS) is 11.8. The van der Waals surface area contributed by atoms with Gasteiger partial charge in [-0.05, 0) is 41.2 Å². The molecule has 0 radical (unpaired) electrons. The van der Waals surface area contributed by atoms with Gasteiger partial charge in [0.2, 0.25) is 0 Å². The van der Waals surface area contributed by atoms with Crippen LogP contribution in [0.5, 0.6) is 0 Å². The molecule has 1 heterocycles. The van der Waals surface area contributed by atoms with E-state index in [9.17, 15) is 18.0 Å². The SMILES string of the molecule is CC(=O)c1ccc(Cc2ccc(C(C)C)cc2C(F)(F)F)cn1. The molecule has 0 amide bonds. The second-order valence-electron chi connectivity index (χ2n) is 5.85. The lowest BCUT2D eigenvalue weighted by molar-refractivity contribution is -0.138. The summed E-state index contributed by atoms with van der Waals surface area (Å²) >= 11 is 0. The van der Waals surface area contributed by atoms with Gasteiger partial charge in [-0.2, -0.15) is 13.2 Å². The summed E-state index contributed by atoms with van der Waals surface area (Å²) in [6.45, 7) is 5.12. The number of pyridine rings is 1. The van der Waals surface area contributed by atoms with E-state index in [2.05, 4.69) is 4.98 Å². The van der Waals surface area contributed by atoms with E-state index in [1.54, 1.807) is 12.1 Å². The maximum atomic E-state index is 13.3. The number of aromatic nitrogens is 1. The van der Waals surface area contributed by atoms with Crippen molar-refractivity contribution in [2.75, 3.05) is 0 Å². The largest absolute Gasteiger partial charge is 0.416 e. The van der Waals surface area contributed by atoms with Crippen LogP contribution in [0.4, 0.5) is 13.2 Å². The summed E-state index contributed by atoms with van der Waals surface area (Å²) in [5.41, 5.74) is 1.20. The molecular weight excluding hydrogens is 303 g/mol. The molecule has 0 fully saturated rings. The fourth-order valence-electron chi connectivity index (χ4n) is 2.33. The van der Waals surface area contributed by atoms with Crippen molar-refractivity contribution in [3.8, 4) is 0 Å². The van der Waals surface area contributed by atoms with Crippen LogP contribution in [0.2, 0.25) is 0 Å². The number of benzene rings is 1. The van der Waals surface area contributed by atoms with E-state index < -0.39 is 11.7 Å². The molecule has 0 N–H and O–H groups in total. The van der Waals surface area contributed by atoms with Crippen molar-refractivity contribution >= 4 is 5.78 Å². The monoisotopic (exact) mass is 321 g/mol. The van der Waals surface area contributed by atoms with E-state index in [0.29, 0.717) is 16.8 Å². The van der Waals surface area contributed by atoms with Gasteiger partial charge in [0.05, 0.1) is 5.56 Å². The molecule has 0 aliphatic carbocycles. The van der Waals surface area contributed by atoms with Crippen LogP contribution in [0.1, 0.15) is 59.4 Å². The maximum absolute atomic E-state index is 13.3. The smallest absolute Gasteiger partial charge is 0.293 e. The summed E-state index contributed by atoms with van der Waals surface area (Å²) in [5.74, 6) is -0.143. The molecule has 2 aromatic rings. The van der Waals surface area contributed by atoms with Crippen molar-refractivity contribution in [3.63, 3.8) is 0 Å². The zero-order valence-electron chi connectivity index (χ0n) is 13.2. The first-order valence-electron chi connectivity index (χ1n) is 7.34. The number of hydrogen-bond donors (Lipinski definition) is 0. The number of nitrogens with zero attached hydrogens (tertiary/aromatic N) is 1. The Morgan fingerprint density at radius 2 is 1.87 bits per heavy atom. The molecule has 0 bridgehead atoms. The van der Waals surface area contributed by atoms with Crippen LogP contribution >= 0.6 is 0 Å². The molecule has 0 saturated carbocycles. The fourth-order valence-corrected chi connectivity index (χ4v) is 2.33. The zero-order valence-corrected chi connectivity index (χ0v) is 13.2. The Bertz CT molecular complexity index is 703. The summed E-state index contributed by atoms with van der Waals surface area (Å²) in [7, 11) is 0. The third kappa shape index (κ3) is 4.18. The van der Waals surface area contributed by atoms with E-state index in [1.165, 1.54) is 31.3 Å². The van der Waals surface area contributed by atoms with Crippen LogP contribution in [-0.4, -0.2) is 10.8 Å². The minimum atomic E-state index is -4.40. The van der Waals surface area contributed by atoms with Gasteiger partial charge in [-0.1, -0.05) is 32.0 Å². The van der Waals surface area contributed by atoms with Crippen molar-refractivity contribution in [2.45, 2.75) is 39.3 Å². The van der Waals surface area contributed by atoms with Crippen LogP contribution in [0.25, 0.3) is 0 Å². The lowest BCUT2D eigenvalue weighted by Crippen LogP contribution is -2.11. The van der Waals surface area contributed by atoms with Gasteiger partial charge in [-0.25, -0.2) is 0 Å². The Labute approximate surface area is 133 Å². The van der Waals surface area contributed by atoms with Crippen LogP contribution in [-0.2, 0) is 12.6 Å². The van der Waals surface area contributed by atoms with Crippen LogP contribution in [0.15, 0.2) is 36.5 Å². The molecule has 0 spiro atoms. The summed E-state index contributed by atoms with van der Waals surface area (Å²) < 4.78 is 39.9. The molecule has 0 atom stereocenters. The molecule has 0 aliphatic heterocycles. The molecule has 0 unspecified atom stereocenters. The highest BCUT2D eigenvalue weighted by Crippen LogP contribution is 2.35. The number of hydrogen-bond acceptors (Lipinski definition) is 2. The lowest BCUT2D eigenvalue weighted by Gasteiger charge is -2.16. The number of ketones is 1. The third-order valence-electron chi connectivity index (χ3n) is 3.69. The van der Waals surface area contributed by atoms with Gasteiger partial charge in [-0.3, -0.25) is 9.78 Å². The number of rotatable bonds is 4. The topological polar surface area (TPSA) is 30.0 Å². The van der Waals surface area contributed by atoms with Gasteiger partial charge in [0.1, 0.15) is 5.69 Å². The van der Waals surface area contributed by atoms with E-state index in [-0.39, 0.29) is 23.7 Å². The first-order valence-corrected chi connectivity index (χ1v) is 7.34. The highest BCUT2D eigenvalue weighted by Gasteiger charge is 2.33. The minimum absolute atomic E-state index is 0.0293. The van der Waals surface area contributed by atoms with Crippen LogP contribution in [0.3, 0.4) is 0 Å². The third-order valence-corrected chi connectivity index (χ3v) is 3.69. The molecule has 0 saturated heterocycles. The Kier molecular flexibility index (Phi) is 4.88. The molecule has 1 aromatic heterocycles. The number of carbonyl (C=O) groups is 1. The fraction of sp³-hybridized carbons (Fsp3) is 0.333. The average Bonchev–Trinajstić information content (AvgIpc) is 2.46. The molecule has 1 aromatic carbocycles. The Morgan fingerprint density at radius 3 is 2.35 bits per heavy atom. The van der Waals surface area contributed by atoms with Gasteiger partial charge in [0.15, 0.2) is 5.78 Å². The highest BCUT2D eigenvalue weighted by atomic mass is 19.4. The van der Waals surface area contributed by atoms with E-state index in [1.807, 2.05) is 13.8 Å². The van der Waals surface area contributed by atoms with Crippen LogP contribution in [0, 0.1) is 0 Å². The van der Waals surface area contributed by atoms with Gasteiger partial charge < -0.3 is 0 Å². The second-order valence-corrected chi connectivity index (χ2v) is 5.85. The molecule has 2 rings (SSSR count). The predicted octanol–water partition coefficient (Wildman–Crippen LogP) is 5.02. The quantitative estimate of drug-likeness (QED) is 0.740. The summed E-state index contributed by atoms with van der Waals surface area (Å²) in [4.78, 5) is 15.2. The van der Waals surface area contributed by atoms with Gasteiger partial charge in [0, 0.05) is 13.1 Å². The summed E-state index contributed by atoms with van der Waals surface area (Å²) in [6.07, 6.45) is -2.82. The first-order chi connectivity index (χ1) is 10.7. The van der Waals surface area contributed by atoms with Crippen LogP contribution < -0.4 is 0 Å². The highest BCUT2D eigenvalue weighted by molar-refractivity contribution is 5.91. The molecule has 5 heteroatoms. The molecule has 23 heavy (non-hydrogen) atoms. The zero-order chi connectivity index (χ0) is 17.2. The maximum Gasteiger partial charge on any atom is 0.416 e. The lowest BCUT2D eigenvalue weighted by atomic mass is 9.94. The Balaban J connectivity index is 2.37. The van der Waals surface area contributed by atoms with Gasteiger partial charge >= 0.3 is 6.18 Å². The number of halogens is 3. The molecular formula is C18H18F3NO. The minimum Gasteiger partial charge on any atom is -0.293 e. The molecule has 122 valence electrons. The van der Waals surface area contributed by atoms with Crippen molar-refractivity contribution < 1.29 is 18.0 Å².